The van der Waals surface area contributed by atoms with Crippen molar-refractivity contribution in [2.24, 2.45) is 7.05 Å². The maximum atomic E-state index is 12.5. The molecule has 0 aliphatic carbocycles. The number of halogens is 2. The summed E-state index contributed by atoms with van der Waals surface area (Å²) in [6.45, 7) is 1.78. The smallest absolute Gasteiger partial charge is 0.265 e. The number of nitrogens with one attached hydrogen (secondary N) is 1. The number of nitrogens with zero attached hydrogens (tertiary/aromatic N) is 2. The first kappa shape index (κ1) is 15.3. The van der Waals surface area contributed by atoms with Crippen LogP contribution >= 0.6 is 31.9 Å². The first-order valence-corrected chi connectivity index (χ1v) is 8.55. The van der Waals surface area contributed by atoms with Crippen molar-refractivity contribution in [2.45, 2.75) is 11.8 Å². The van der Waals surface area contributed by atoms with Crippen LogP contribution in [-0.2, 0) is 17.1 Å². The summed E-state index contributed by atoms with van der Waals surface area (Å²) in [4.78, 5) is 0.0885. The second-order valence-electron chi connectivity index (χ2n) is 4.21. The summed E-state index contributed by atoms with van der Waals surface area (Å²) in [5.74, 6) is 0.387. The van der Waals surface area contributed by atoms with Gasteiger partial charge in [0.25, 0.3) is 10.0 Å². The standard InChI is InChI=1S/C11H12Br2N4O2S/c1-6-3-10(17(2)15-6)16-20(18,19)11-8(12)4-7(14)5-9(11)13/h3-5,16H,14H2,1-2H3. The third-order valence-electron chi connectivity index (χ3n) is 2.53. The molecular weight excluding hydrogens is 412 g/mol. The summed E-state index contributed by atoms with van der Waals surface area (Å²) >= 11 is 6.44. The lowest BCUT2D eigenvalue weighted by Crippen LogP contribution is -2.16. The number of hydrogen-bond acceptors (Lipinski definition) is 4. The first-order valence-electron chi connectivity index (χ1n) is 5.48. The average Bonchev–Trinajstić information content (AvgIpc) is 2.53. The first-order chi connectivity index (χ1) is 9.20. The topological polar surface area (TPSA) is 90.0 Å². The molecule has 20 heavy (non-hydrogen) atoms. The van der Waals surface area contributed by atoms with Crippen LogP contribution in [0.5, 0.6) is 0 Å². The molecule has 0 saturated carbocycles. The molecule has 0 spiro atoms. The highest BCUT2D eigenvalue weighted by Crippen LogP contribution is 2.33. The van der Waals surface area contributed by atoms with Crippen molar-refractivity contribution in [3.8, 4) is 0 Å². The van der Waals surface area contributed by atoms with E-state index in [2.05, 4.69) is 41.7 Å². The Balaban J connectivity index is 2.49. The molecule has 6 nitrogen and oxygen atoms in total. The van der Waals surface area contributed by atoms with E-state index in [1.807, 2.05) is 0 Å². The summed E-state index contributed by atoms with van der Waals surface area (Å²) in [6.07, 6.45) is 0. The van der Waals surface area contributed by atoms with E-state index in [0.717, 1.165) is 5.69 Å². The van der Waals surface area contributed by atoms with Gasteiger partial charge in [-0.05, 0) is 50.9 Å². The van der Waals surface area contributed by atoms with Gasteiger partial charge in [-0.15, -0.1) is 0 Å². The molecule has 0 bridgehead atoms. The Morgan fingerprint density at radius 2 is 1.80 bits per heavy atom. The predicted octanol–water partition coefficient (Wildman–Crippen LogP) is 2.64. The van der Waals surface area contributed by atoms with Crippen molar-refractivity contribution in [3.63, 3.8) is 0 Å². The molecule has 1 heterocycles. The van der Waals surface area contributed by atoms with Crippen molar-refractivity contribution < 1.29 is 8.42 Å². The average molecular weight is 424 g/mol. The zero-order chi connectivity index (χ0) is 15.1. The van der Waals surface area contributed by atoms with Crippen LogP contribution in [0.1, 0.15) is 5.69 Å². The van der Waals surface area contributed by atoms with Gasteiger partial charge in [0.1, 0.15) is 10.7 Å². The van der Waals surface area contributed by atoms with Crippen LogP contribution in [0.15, 0.2) is 32.0 Å². The van der Waals surface area contributed by atoms with E-state index in [1.54, 1.807) is 20.0 Å². The highest BCUT2D eigenvalue weighted by molar-refractivity contribution is 9.11. The number of nitrogen functional groups attached to an aromatic ring is 1. The number of aryl methyl sites for hydroxylation is 2. The lowest BCUT2D eigenvalue weighted by Gasteiger charge is -2.12. The second-order valence-corrected chi connectivity index (χ2v) is 7.54. The zero-order valence-corrected chi connectivity index (χ0v) is 14.7. The van der Waals surface area contributed by atoms with E-state index in [0.29, 0.717) is 20.5 Å². The third kappa shape index (κ3) is 2.99. The molecular formula is C11H12Br2N4O2S. The van der Waals surface area contributed by atoms with Crippen LogP contribution in [0.25, 0.3) is 0 Å². The molecule has 0 aliphatic rings. The Labute approximate surface area is 133 Å². The van der Waals surface area contributed by atoms with Crippen molar-refractivity contribution in [1.29, 1.82) is 0 Å². The Hall–Kier alpha value is -1.06. The van der Waals surface area contributed by atoms with Crippen molar-refractivity contribution in [3.05, 3.63) is 32.8 Å². The van der Waals surface area contributed by atoms with E-state index in [9.17, 15) is 8.42 Å². The van der Waals surface area contributed by atoms with Gasteiger partial charge in [0.2, 0.25) is 0 Å². The maximum Gasteiger partial charge on any atom is 0.265 e. The number of hydrogen-bond donors (Lipinski definition) is 2. The SMILES string of the molecule is Cc1cc(NS(=O)(=O)c2c(Br)cc(N)cc2Br)n(C)n1. The molecule has 0 radical (unpaired) electrons. The van der Waals surface area contributed by atoms with E-state index in [1.165, 1.54) is 16.8 Å². The Kier molecular flexibility index (Phi) is 4.12. The molecule has 0 amide bonds. The maximum absolute atomic E-state index is 12.5. The van der Waals surface area contributed by atoms with Crippen LogP contribution in [0.3, 0.4) is 0 Å². The van der Waals surface area contributed by atoms with Gasteiger partial charge >= 0.3 is 0 Å². The van der Waals surface area contributed by atoms with Crippen LogP contribution in [0, 0.1) is 6.92 Å². The van der Waals surface area contributed by atoms with E-state index < -0.39 is 10.0 Å². The van der Waals surface area contributed by atoms with Crippen LogP contribution in [0.4, 0.5) is 11.5 Å². The molecule has 1 aromatic heterocycles. The molecule has 2 aromatic rings. The fourth-order valence-corrected chi connectivity index (χ4v) is 5.43. The summed E-state index contributed by atoms with van der Waals surface area (Å²) in [5, 5.41) is 4.09. The third-order valence-corrected chi connectivity index (χ3v) is 5.76. The number of aromatic nitrogens is 2. The van der Waals surface area contributed by atoms with Gasteiger partial charge in [-0.25, -0.2) is 8.42 Å². The Bertz CT molecular complexity index is 748. The number of sulfonamides is 1. The van der Waals surface area contributed by atoms with Gasteiger partial charge in [0, 0.05) is 27.7 Å². The zero-order valence-electron chi connectivity index (χ0n) is 10.7. The molecule has 108 valence electrons. The van der Waals surface area contributed by atoms with Crippen LogP contribution in [0.2, 0.25) is 0 Å². The fourth-order valence-electron chi connectivity index (χ4n) is 1.73. The van der Waals surface area contributed by atoms with Crippen molar-refractivity contribution in [1.82, 2.24) is 9.78 Å². The largest absolute Gasteiger partial charge is 0.399 e. The summed E-state index contributed by atoms with van der Waals surface area (Å²) < 4.78 is 29.7. The minimum Gasteiger partial charge on any atom is -0.399 e. The minimum atomic E-state index is -3.76. The Morgan fingerprint density at radius 1 is 1.25 bits per heavy atom. The van der Waals surface area contributed by atoms with Gasteiger partial charge in [-0.2, -0.15) is 5.10 Å². The van der Waals surface area contributed by atoms with Crippen molar-refractivity contribution >= 4 is 53.4 Å². The lowest BCUT2D eigenvalue weighted by atomic mass is 10.3. The number of anilines is 2. The van der Waals surface area contributed by atoms with Gasteiger partial charge in [-0.1, -0.05) is 0 Å². The van der Waals surface area contributed by atoms with Gasteiger partial charge < -0.3 is 5.73 Å². The van der Waals surface area contributed by atoms with E-state index in [-0.39, 0.29) is 4.90 Å². The molecule has 0 unspecified atom stereocenters. The lowest BCUT2D eigenvalue weighted by molar-refractivity contribution is 0.599. The normalized spacial score (nSPS) is 11.6. The highest BCUT2D eigenvalue weighted by Gasteiger charge is 2.23. The Morgan fingerprint density at radius 3 is 2.25 bits per heavy atom. The highest BCUT2D eigenvalue weighted by atomic mass is 79.9. The summed E-state index contributed by atoms with van der Waals surface area (Å²) in [5.41, 5.74) is 6.84. The molecule has 0 saturated heterocycles. The molecule has 0 fully saturated rings. The molecule has 3 N–H and O–H groups in total. The summed E-state index contributed by atoms with van der Waals surface area (Å²) in [6, 6.07) is 4.72. The van der Waals surface area contributed by atoms with E-state index >= 15 is 0 Å². The molecule has 2 rings (SSSR count). The van der Waals surface area contributed by atoms with Gasteiger partial charge in [0.15, 0.2) is 0 Å². The fraction of sp³-hybridized carbons (Fsp3) is 0.182. The van der Waals surface area contributed by atoms with E-state index in [4.69, 9.17) is 5.73 Å². The summed E-state index contributed by atoms with van der Waals surface area (Å²) in [7, 11) is -2.10. The molecule has 9 heteroatoms. The van der Waals surface area contributed by atoms with Gasteiger partial charge in [0.05, 0.1) is 5.69 Å². The van der Waals surface area contributed by atoms with Gasteiger partial charge in [-0.3, -0.25) is 9.40 Å². The van der Waals surface area contributed by atoms with Crippen LogP contribution < -0.4 is 10.5 Å². The minimum absolute atomic E-state index is 0.0885. The monoisotopic (exact) mass is 422 g/mol. The molecule has 0 aliphatic heterocycles. The number of nitrogens with two attached hydrogens (primary N) is 1. The second kappa shape index (κ2) is 5.38. The molecule has 1 aromatic carbocycles. The van der Waals surface area contributed by atoms with Crippen molar-refractivity contribution in [2.75, 3.05) is 10.5 Å². The number of benzene rings is 1. The van der Waals surface area contributed by atoms with Crippen LogP contribution in [-0.4, -0.2) is 18.2 Å². The number of rotatable bonds is 3. The molecule has 0 atom stereocenters. The predicted molar refractivity (Wildman–Crippen MR) is 85.0 cm³/mol. The quantitative estimate of drug-likeness (QED) is 0.742.